The molecule has 0 unspecified atom stereocenters. The third-order valence-electron chi connectivity index (χ3n) is 11.0. The van der Waals surface area contributed by atoms with Gasteiger partial charge in [-0.1, -0.05) is 46.3 Å². The van der Waals surface area contributed by atoms with Crippen LogP contribution in [0, 0.1) is 46.3 Å². The van der Waals surface area contributed by atoms with E-state index in [1.165, 1.54) is 39.0 Å². The van der Waals surface area contributed by atoms with Crippen LogP contribution in [0.1, 0.15) is 113 Å². The van der Waals surface area contributed by atoms with Crippen molar-refractivity contribution in [3.63, 3.8) is 0 Å². The third kappa shape index (κ3) is 5.10. The molecule has 3 fully saturated rings. The van der Waals surface area contributed by atoms with E-state index < -0.39 is 0 Å². The number of rotatable bonds is 7. The van der Waals surface area contributed by atoms with Crippen molar-refractivity contribution >= 4 is 11.9 Å². The van der Waals surface area contributed by atoms with E-state index in [4.69, 9.17) is 9.47 Å². The Kier molecular flexibility index (Phi) is 7.80. The summed E-state index contributed by atoms with van der Waals surface area (Å²) in [6.45, 7) is 15.1. The maximum Gasteiger partial charge on any atom is 0.302 e. The molecule has 0 aromatic heterocycles. The van der Waals surface area contributed by atoms with Crippen LogP contribution >= 0.6 is 0 Å². The molecule has 4 aliphatic rings. The van der Waals surface area contributed by atoms with Crippen molar-refractivity contribution in [3.05, 3.63) is 11.6 Å². The number of hydrogen-bond donors (Lipinski definition) is 0. The minimum atomic E-state index is -0.145. The second-order valence-electron chi connectivity index (χ2n) is 13.4. The summed E-state index contributed by atoms with van der Waals surface area (Å²) in [5.41, 5.74) is 2.17. The molecule has 4 heteroatoms. The summed E-state index contributed by atoms with van der Waals surface area (Å²) in [5, 5.41) is 0. The number of esters is 2. The van der Waals surface area contributed by atoms with E-state index in [0.29, 0.717) is 23.2 Å². The number of hydrogen-bond acceptors (Lipinski definition) is 4. The summed E-state index contributed by atoms with van der Waals surface area (Å²) < 4.78 is 11.6. The van der Waals surface area contributed by atoms with Gasteiger partial charge in [0.15, 0.2) is 0 Å². The monoisotopic (exact) mass is 486 g/mol. The van der Waals surface area contributed by atoms with Crippen LogP contribution in [0.4, 0.5) is 0 Å². The van der Waals surface area contributed by atoms with Gasteiger partial charge in [-0.2, -0.15) is 0 Å². The smallest absolute Gasteiger partial charge is 0.302 e. The standard InChI is InChI=1S/C31H50O4/c1-19(2)8-13-29(35-22(5)33)20(3)26-11-12-27-25-10-9-23-18-24(34-21(4)32)14-16-30(23,6)28(25)15-17-31(26,27)7/h9,19-20,24-29H,8,10-18H2,1-7H3/t20-,24-,25-,26+,27-,28-,29+,30-,31+/m0/s1. The molecule has 0 N–H and O–H groups in total. The zero-order valence-corrected chi connectivity index (χ0v) is 23.4. The normalized spacial score (nSPS) is 40.1. The van der Waals surface area contributed by atoms with E-state index in [-0.39, 0.29) is 29.6 Å². The lowest BCUT2D eigenvalue weighted by molar-refractivity contribution is -0.152. The second-order valence-corrected chi connectivity index (χ2v) is 13.4. The summed E-state index contributed by atoms with van der Waals surface area (Å²) in [7, 11) is 0. The highest BCUT2D eigenvalue weighted by Crippen LogP contribution is 2.67. The molecule has 35 heavy (non-hydrogen) atoms. The van der Waals surface area contributed by atoms with E-state index in [1.54, 1.807) is 12.5 Å². The fourth-order valence-corrected chi connectivity index (χ4v) is 9.27. The van der Waals surface area contributed by atoms with Crippen LogP contribution in [0.2, 0.25) is 0 Å². The van der Waals surface area contributed by atoms with Crippen molar-refractivity contribution in [1.82, 2.24) is 0 Å². The van der Waals surface area contributed by atoms with Gasteiger partial charge >= 0.3 is 11.9 Å². The lowest BCUT2D eigenvalue weighted by Crippen LogP contribution is -2.51. The van der Waals surface area contributed by atoms with Crippen molar-refractivity contribution in [1.29, 1.82) is 0 Å². The molecule has 0 aromatic rings. The average Bonchev–Trinajstić information content (AvgIpc) is 3.13. The lowest BCUT2D eigenvalue weighted by atomic mass is 9.47. The first-order chi connectivity index (χ1) is 16.5. The van der Waals surface area contributed by atoms with Gasteiger partial charge in [0.1, 0.15) is 12.2 Å². The van der Waals surface area contributed by atoms with Gasteiger partial charge in [-0.3, -0.25) is 9.59 Å². The molecule has 4 nitrogen and oxygen atoms in total. The lowest BCUT2D eigenvalue weighted by Gasteiger charge is -2.58. The fourth-order valence-electron chi connectivity index (χ4n) is 9.27. The molecule has 4 aliphatic carbocycles. The Balaban J connectivity index is 1.51. The molecule has 0 heterocycles. The number of fused-ring (bicyclic) bond motifs is 5. The Morgan fingerprint density at radius 3 is 2.37 bits per heavy atom. The molecule has 0 amide bonds. The first-order valence-electron chi connectivity index (χ1n) is 14.5. The Hall–Kier alpha value is -1.32. The van der Waals surface area contributed by atoms with E-state index in [0.717, 1.165) is 49.9 Å². The zero-order valence-electron chi connectivity index (χ0n) is 23.4. The summed E-state index contributed by atoms with van der Waals surface area (Å²) >= 11 is 0. The van der Waals surface area contributed by atoms with Crippen LogP contribution in [-0.2, 0) is 19.1 Å². The molecular formula is C31H50O4. The Labute approximate surface area is 214 Å². The highest BCUT2D eigenvalue weighted by molar-refractivity contribution is 5.66. The van der Waals surface area contributed by atoms with Gasteiger partial charge in [0.05, 0.1) is 0 Å². The Bertz CT molecular complexity index is 830. The number of carbonyl (C=O) groups excluding carboxylic acids is 2. The molecule has 0 spiro atoms. The van der Waals surface area contributed by atoms with Crippen LogP contribution in [0.3, 0.4) is 0 Å². The zero-order chi connectivity index (χ0) is 25.5. The molecule has 198 valence electrons. The maximum absolute atomic E-state index is 12.0. The number of ether oxygens (including phenoxy) is 2. The van der Waals surface area contributed by atoms with Crippen LogP contribution in [0.25, 0.3) is 0 Å². The van der Waals surface area contributed by atoms with Gasteiger partial charge < -0.3 is 9.47 Å². The van der Waals surface area contributed by atoms with Gasteiger partial charge in [-0.15, -0.1) is 0 Å². The second kappa shape index (κ2) is 10.2. The summed E-state index contributed by atoms with van der Waals surface area (Å²) in [4.78, 5) is 23.5. The molecule has 9 atom stereocenters. The average molecular weight is 487 g/mol. The Morgan fingerprint density at radius 2 is 1.71 bits per heavy atom. The van der Waals surface area contributed by atoms with E-state index in [2.05, 4.69) is 40.7 Å². The highest BCUT2D eigenvalue weighted by Gasteiger charge is 2.59. The van der Waals surface area contributed by atoms with Crippen LogP contribution < -0.4 is 0 Å². The predicted octanol–water partition coefficient (Wildman–Crippen LogP) is 7.50. The highest BCUT2D eigenvalue weighted by atomic mass is 16.5. The number of allylic oxidation sites excluding steroid dienone is 1. The van der Waals surface area contributed by atoms with E-state index in [9.17, 15) is 9.59 Å². The molecule has 0 aliphatic heterocycles. The molecule has 0 saturated heterocycles. The van der Waals surface area contributed by atoms with Crippen molar-refractivity contribution in [2.45, 2.75) is 125 Å². The van der Waals surface area contributed by atoms with Crippen molar-refractivity contribution < 1.29 is 19.1 Å². The SMILES string of the molecule is CC(=O)O[C@H]1CC[C@@]2(C)C(=CC[C@H]3[C@@H]4CC[C@H]([C@H](C)[C@@H](CCC(C)C)OC(C)=O)[C@@]4(C)CC[C@@H]32)C1. The summed E-state index contributed by atoms with van der Waals surface area (Å²) in [5.74, 6) is 3.66. The van der Waals surface area contributed by atoms with E-state index in [1.807, 2.05) is 0 Å². The molecule has 3 saturated carbocycles. The molecule has 0 radical (unpaired) electrons. The third-order valence-corrected chi connectivity index (χ3v) is 11.0. The largest absolute Gasteiger partial charge is 0.462 e. The van der Waals surface area contributed by atoms with Crippen LogP contribution in [0.15, 0.2) is 11.6 Å². The van der Waals surface area contributed by atoms with E-state index >= 15 is 0 Å². The van der Waals surface area contributed by atoms with Crippen LogP contribution in [0.5, 0.6) is 0 Å². The van der Waals surface area contributed by atoms with Crippen molar-refractivity contribution in [3.8, 4) is 0 Å². The number of carbonyl (C=O) groups is 2. The molecule has 4 rings (SSSR count). The fraction of sp³-hybridized carbons (Fsp3) is 0.871. The van der Waals surface area contributed by atoms with Crippen molar-refractivity contribution in [2.24, 2.45) is 46.3 Å². The molecular weight excluding hydrogens is 436 g/mol. The first-order valence-corrected chi connectivity index (χ1v) is 14.5. The molecule has 0 bridgehead atoms. The quantitative estimate of drug-likeness (QED) is 0.276. The van der Waals surface area contributed by atoms with Gasteiger partial charge in [0, 0.05) is 20.3 Å². The predicted molar refractivity (Wildman–Crippen MR) is 140 cm³/mol. The van der Waals surface area contributed by atoms with Gasteiger partial charge in [-0.25, -0.2) is 0 Å². The summed E-state index contributed by atoms with van der Waals surface area (Å²) in [6, 6.07) is 0. The van der Waals surface area contributed by atoms with Gasteiger partial charge in [0.25, 0.3) is 0 Å². The molecule has 0 aromatic carbocycles. The minimum Gasteiger partial charge on any atom is -0.462 e. The van der Waals surface area contributed by atoms with Gasteiger partial charge in [-0.05, 0) is 104 Å². The maximum atomic E-state index is 12.0. The first kappa shape index (κ1) is 26.7. The van der Waals surface area contributed by atoms with Gasteiger partial charge in [0.2, 0.25) is 0 Å². The summed E-state index contributed by atoms with van der Waals surface area (Å²) in [6.07, 6.45) is 14.2. The minimum absolute atomic E-state index is 0.0418. The van der Waals surface area contributed by atoms with Crippen molar-refractivity contribution in [2.75, 3.05) is 0 Å². The Morgan fingerprint density at radius 1 is 0.971 bits per heavy atom. The topological polar surface area (TPSA) is 52.6 Å². The van der Waals surface area contributed by atoms with Crippen LogP contribution in [-0.4, -0.2) is 24.1 Å².